The van der Waals surface area contributed by atoms with Gasteiger partial charge in [0.2, 0.25) is 5.88 Å². The summed E-state index contributed by atoms with van der Waals surface area (Å²) in [7, 11) is 0. The third-order valence-electron chi connectivity index (χ3n) is 7.82. The van der Waals surface area contributed by atoms with Crippen LogP contribution in [0.4, 0.5) is 4.39 Å². The van der Waals surface area contributed by atoms with Crippen molar-refractivity contribution in [3.8, 4) is 17.7 Å². The predicted octanol–water partition coefficient (Wildman–Crippen LogP) is 4.51. The van der Waals surface area contributed by atoms with Crippen molar-refractivity contribution >= 4 is 17.0 Å². The van der Waals surface area contributed by atoms with E-state index in [1.165, 1.54) is 12.1 Å². The Morgan fingerprint density at radius 1 is 1.19 bits per heavy atom. The van der Waals surface area contributed by atoms with Crippen molar-refractivity contribution in [1.82, 2.24) is 24.4 Å². The molecule has 12 heteroatoms. The van der Waals surface area contributed by atoms with Gasteiger partial charge in [-0.25, -0.2) is 19.2 Å². The number of likely N-dealkylation sites (tertiary alicyclic amines) is 1. The van der Waals surface area contributed by atoms with E-state index >= 15 is 0 Å². The van der Waals surface area contributed by atoms with Crippen LogP contribution in [0.2, 0.25) is 0 Å². The van der Waals surface area contributed by atoms with Gasteiger partial charge < -0.3 is 23.9 Å². The van der Waals surface area contributed by atoms with E-state index in [-0.39, 0.29) is 29.1 Å². The van der Waals surface area contributed by atoms with Gasteiger partial charge in [0.15, 0.2) is 23.5 Å². The summed E-state index contributed by atoms with van der Waals surface area (Å²) < 4.78 is 34.0. The number of rotatable bonds is 10. The molecular formula is C31H31FN6O5. The highest BCUT2D eigenvalue weighted by atomic mass is 19.1. The van der Waals surface area contributed by atoms with E-state index in [2.05, 4.69) is 19.4 Å². The molecule has 2 unspecified atom stereocenters. The molecule has 0 aliphatic carbocycles. The number of carboxylic acids is 1. The molecule has 0 spiro atoms. The average Bonchev–Trinajstić information content (AvgIpc) is 3.32. The van der Waals surface area contributed by atoms with Gasteiger partial charge in [-0.3, -0.25) is 4.90 Å². The van der Waals surface area contributed by atoms with E-state index < -0.39 is 17.9 Å². The highest BCUT2D eigenvalue weighted by Gasteiger charge is 2.26. The number of halogens is 1. The van der Waals surface area contributed by atoms with E-state index in [4.69, 9.17) is 24.5 Å². The Balaban J connectivity index is 1.07. The number of carbonyl (C=O) groups is 1. The van der Waals surface area contributed by atoms with Crippen molar-refractivity contribution in [2.45, 2.75) is 57.6 Å². The van der Waals surface area contributed by atoms with E-state index in [9.17, 15) is 14.3 Å². The Hall–Kier alpha value is -4.60. The molecular weight excluding hydrogens is 555 g/mol. The molecule has 11 nitrogen and oxygen atoms in total. The second-order valence-electron chi connectivity index (χ2n) is 10.8. The minimum atomic E-state index is -0.962. The molecule has 2 aromatic carbocycles. The summed E-state index contributed by atoms with van der Waals surface area (Å²) >= 11 is 0. The van der Waals surface area contributed by atoms with Crippen LogP contribution in [0.3, 0.4) is 0 Å². The van der Waals surface area contributed by atoms with Crippen LogP contribution in [-0.4, -0.2) is 67.4 Å². The topological polar surface area (TPSA) is 136 Å². The van der Waals surface area contributed by atoms with E-state index in [0.29, 0.717) is 24.8 Å². The number of hydrogen-bond donors (Lipinski definition) is 1. The lowest BCUT2D eigenvalue weighted by molar-refractivity contribution is -0.0592. The van der Waals surface area contributed by atoms with Crippen LogP contribution < -0.4 is 9.47 Å². The summed E-state index contributed by atoms with van der Waals surface area (Å²) in [5, 5.41) is 18.4. The molecule has 4 aromatic rings. The number of fused-ring (bicyclic) bond motifs is 1. The molecule has 2 atom stereocenters. The van der Waals surface area contributed by atoms with E-state index in [0.717, 1.165) is 61.9 Å². The number of aromatic nitrogens is 4. The fourth-order valence-electron chi connectivity index (χ4n) is 5.35. The van der Waals surface area contributed by atoms with Crippen molar-refractivity contribution in [2.24, 2.45) is 0 Å². The van der Waals surface area contributed by atoms with Gasteiger partial charge in [-0.15, -0.1) is 0 Å². The van der Waals surface area contributed by atoms with Crippen LogP contribution in [0.5, 0.6) is 11.6 Å². The molecule has 1 N–H and O–H groups in total. The molecule has 2 fully saturated rings. The van der Waals surface area contributed by atoms with Gasteiger partial charge in [-0.05, 0) is 62.6 Å². The fourth-order valence-corrected chi connectivity index (χ4v) is 5.35. The van der Waals surface area contributed by atoms with Gasteiger partial charge in [0.05, 0.1) is 47.4 Å². The maximum atomic E-state index is 14.3. The van der Waals surface area contributed by atoms with Crippen LogP contribution in [0.15, 0.2) is 48.7 Å². The zero-order valence-corrected chi connectivity index (χ0v) is 23.6. The number of nitriles is 1. The number of piperidine rings is 1. The lowest BCUT2D eigenvalue weighted by atomic mass is 10.1. The van der Waals surface area contributed by atoms with Gasteiger partial charge in [0, 0.05) is 32.0 Å². The average molecular weight is 587 g/mol. The Bertz CT molecular complexity index is 1680. The first kappa shape index (κ1) is 28.5. The van der Waals surface area contributed by atoms with Crippen LogP contribution in [0, 0.1) is 17.1 Å². The third kappa shape index (κ3) is 6.43. The maximum Gasteiger partial charge on any atom is 0.335 e. The van der Waals surface area contributed by atoms with Gasteiger partial charge in [-0.1, -0.05) is 0 Å². The second-order valence-corrected chi connectivity index (χ2v) is 10.8. The Morgan fingerprint density at radius 2 is 2.00 bits per heavy atom. The molecule has 222 valence electrons. The maximum absolute atomic E-state index is 14.3. The first-order valence-electron chi connectivity index (χ1n) is 14.3. The number of aromatic carboxylic acids is 1. The smallest absolute Gasteiger partial charge is 0.335 e. The zero-order valence-electron chi connectivity index (χ0n) is 23.6. The lowest BCUT2D eigenvalue weighted by Gasteiger charge is -2.32. The van der Waals surface area contributed by atoms with E-state index in [1.807, 2.05) is 6.07 Å². The Kier molecular flexibility index (Phi) is 8.18. The number of hydrogen-bond acceptors (Lipinski definition) is 9. The number of benzene rings is 2. The molecule has 6 rings (SSSR count). The standard InChI is InChI=1S/C31H31FN6O5/c1-19(42-27-5-2-20(16-33)14-24(27)32)30-34-10-6-29(36-30)43-22-7-11-37(12-8-22)18-28-35-25-4-3-21(31(39)40)15-26(25)38(28)17-23-9-13-41-23/h2-6,10,14-15,19,22-23H,7-9,11-13,17-18H2,1H3,(H,39,40). The highest BCUT2D eigenvalue weighted by Crippen LogP contribution is 2.27. The summed E-state index contributed by atoms with van der Waals surface area (Å²) in [4.78, 5) is 27.5. The third-order valence-corrected chi connectivity index (χ3v) is 7.82. The van der Waals surface area contributed by atoms with Crippen molar-refractivity contribution in [2.75, 3.05) is 19.7 Å². The fraction of sp³-hybridized carbons (Fsp3) is 0.387. The van der Waals surface area contributed by atoms with Crippen LogP contribution in [-0.2, 0) is 17.8 Å². The predicted molar refractivity (Wildman–Crippen MR) is 152 cm³/mol. The molecule has 2 aliphatic rings. The zero-order chi connectivity index (χ0) is 29.9. The summed E-state index contributed by atoms with van der Waals surface area (Å²) in [6, 6.07) is 12.7. The van der Waals surface area contributed by atoms with Gasteiger partial charge >= 0.3 is 5.97 Å². The van der Waals surface area contributed by atoms with Crippen LogP contribution in [0.1, 0.15) is 59.9 Å². The highest BCUT2D eigenvalue weighted by molar-refractivity contribution is 5.92. The van der Waals surface area contributed by atoms with Gasteiger partial charge in [-0.2, -0.15) is 10.2 Å². The number of imidazole rings is 1. The van der Waals surface area contributed by atoms with Gasteiger partial charge in [0.25, 0.3) is 0 Å². The second kappa shape index (κ2) is 12.3. The molecule has 0 bridgehead atoms. The normalized spacial score (nSPS) is 18.1. The van der Waals surface area contributed by atoms with Crippen molar-refractivity contribution in [1.29, 1.82) is 5.26 Å². The van der Waals surface area contributed by atoms with Crippen molar-refractivity contribution in [3.63, 3.8) is 0 Å². The summed E-state index contributed by atoms with van der Waals surface area (Å²) in [6.45, 7) is 5.34. The molecule has 0 amide bonds. The van der Waals surface area contributed by atoms with Gasteiger partial charge in [0.1, 0.15) is 11.9 Å². The van der Waals surface area contributed by atoms with Crippen molar-refractivity contribution in [3.05, 3.63) is 77.3 Å². The Labute approximate surface area is 247 Å². The number of ether oxygens (including phenoxy) is 3. The molecule has 4 heterocycles. The molecule has 0 saturated carbocycles. The summed E-state index contributed by atoms with van der Waals surface area (Å²) in [6.07, 6.45) is 3.58. The molecule has 0 radical (unpaired) electrons. The largest absolute Gasteiger partial charge is 0.480 e. The van der Waals surface area contributed by atoms with Crippen LogP contribution in [0.25, 0.3) is 11.0 Å². The first-order valence-corrected chi connectivity index (χ1v) is 14.3. The molecule has 2 aliphatic heterocycles. The quantitative estimate of drug-likeness (QED) is 0.283. The van der Waals surface area contributed by atoms with E-state index in [1.54, 1.807) is 37.4 Å². The summed E-state index contributed by atoms with van der Waals surface area (Å²) in [5.41, 5.74) is 2.04. The monoisotopic (exact) mass is 586 g/mol. The molecule has 2 saturated heterocycles. The minimum Gasteiger partial charge on any atom is -0.480 e. The molecule has 2 aromatic heterocycles. The van der Waals surface area contributed by atoms with Crippen LogP contribution >= 0.6 is 0 Å². The summed E-state index contributed by atoms with van der Waals surface area (Å²) in [5.74, 6) is 0.110. The van der Waals surface area contributed by atoms with Crippen molar-refractivity contribution < 1.29 is 28.5 Å². The first-order chi connectivity index (χ1) is 20.9. The SMILES string of the molecule is CC(Oc1ccc(C#N)cc1F)c1nccc(OC2CCN(Cc3nc4ccc(C(=O)O)cc4n3CC3CCO3)CC2)n1. The minimum absolute atomic E-state index is 0.0184. The number of nitrogens with zero attached hydrogens (tertiary/aromatic N) is 6. The lowest BCUT2D eigenvalue weighted by Crippen LogP contribution is -2.39. The molecule has 43 heavy (non-hydrogen) atoms. The number of carboxylic acid groups (broad SMARTS) is 1. The Morgan fingerprint density at radius 3 is 2.70 bits per heavy atom.